The average Bonchev–Trinajstić information content (AvgIpc) is 1.81. The van der Waals surface area contributed by atoms with Crippen molar-refractivity contribution < 1.29 is 9.53 Å². The van der Waals surface area contributed by atoms with Crippen LogP contribution < -0.4 is 10.6 Å². The molecule has 0 unspecified atom stereocenters. The van der Waals surface area contributed by atoms with Crippen LogP contribution in [0.1, 0.15) is 13.8 Å². The van der Waals surface area contributed by atoms with Gasteiger partial charge in [-0.1, -0.05) is 0 Å². The van der Waals surface area contributed by atoms with Crippen molar-refractivity contribution in [2.45, 2.75) is 25.9 Å². The Bertz CT molecular complexity index is 155. The van der Waals surface area contributed by atoms with Gasteiger partial charge in [0.1, 0.15) is 0 Å². The summed E-state index contributed by atoms with van der Waals surface area (Å²) in [6.07, 6.45) is 0. The van der Waals surface area contributed by atoms with Crippen molar-refractivity contribution in [2.24, 2.45) is 0 Å². The number of carbonyl (C=O) groups excluding carboxylic acids is 1. The molecular formula is C8H16N2O2. The second kappa shape index (κ2) is 4.42. The van der Waals surface area contributed by atoms with Gasteiger partial charge < -0.3 is 15.4 Å². The van der Waals surface area contributed by atoms with E-state index in [2.05, 4.69) is 10.6 Å². The molecule has 0 bridgehead atoms. The number of hydrogen-bond acceptors (Lipinski definition) is 3. The molecule has 0 spiro atoms. The minimum Gasteiger partial charge on any atom is -0.378 e. The highest BCUT2D eigenvalue weighted by molar-refractivity contribution is 5.78. The summed E-state index contributed by atoms with van der Waals surface area (Å²) in [5.74, 6) is 0.0527. The Morgan fingerprint density at radius 3 is 2.67 bits per heavy atom. The number of nitrogens with one attached hydrogen (secondary N) is 2. The molecule has 1 saturated heterocycles. The highest BCUT2D eigenvalue weighted by Crippen LogP contribution is 1.97. The predicted molar refractivity (Wildman–Crippen MR) is 45.9 cm³/mol. The highest BCUT2D eigenvalue weighted by atomic mass is 16.5. The van der Waals surface area contributed by atoms with Crippen molar-refractivity contribution in [1.29, 1.82) is 0 Å². The van der Waals surface area contributed by atoms with E-state index in [-0.39, 0.29) is 11.9 Å². The van der Waals surface area contributed by atoms with E-state index in [9.17, 15) is 4.79 Å². The van der Waals surface area contributed by atoms with Crippen LogP contribution in [0.3, 0.4) is 0 Å². The lowest BCUT2D eigenvalue weighted by molar-refractivity contribution is -0.121. The van der Waals surface area contributed by atoms with E-state index in [0.29, 0.717) is 12.6 Å². The van der Waals surface area contributed by atoms with Gasteiger partial charge in [-0.2, -0.15) is 0 Å². The van der Waals surface area contributed by atoms with Crippen molar-refractivity contribution in [1.82, 2.24) is 10.6 Å². The Kier molecular flexibility index (Phi) is 3.49. The largest absolute Gasteiger partial charge is 0.378 e. The first-order valence-electron chi connectivity index (χ1n) is 4.29. The van der Waals surface area contributed by atoms with Gasteiger partial charge in [-0.05, 0) is 13.8 Å². The molecule has 1 amide bonds. The summed E-state index contributed by atoms with van der Waals surface area (Å²) >= 11 is 0. The number of rotatable bonds is 4. The first kappa shape index (κ1) is 9.48. The average molecular weight is 172 g/mol. The molecular weight excluding hydrogens is 156 g/mol. The second-order valence-corrected chi connectivity index (χ2v) is 3.34. The normalized spacial score (nSPS) is 17.6. The van der Waals surface area contributed by atoms with Gasteiger partial charge in [-0.15, -0.1) is 0 Å². The zero-order chi connectivity index (χ0) is 8.97. The molecule has 2 N–H and O–H groups in total. The monoisotopic (exact) mass is 172 g/mol. The van der Waals surface area contributed by atoms with Gasteiger partial charge in [-0.25, -0.2) is 0 Å². The summed E-state index contributed by atoms with van der Waals surface area (Å²) in [5.41, 5.74) is 0. The predicted octanol–water partition coefficient (Wildman–Crippen LogP) is -0.501. The number of amides is 1. The lowest BCUT2D eigenvalue weighted by atomic mass is 10.2. The third kappa shape index (κ3) is 3.19. The third-order valence-corrected chi connectivity index (χ3v) is 1.64. The van der Waals surface area contributed by atoms with Crippen molar-refractivity contribution in [3.05, 3.63) is 0 Å². The van der Waals surface area contributed by atoms with Crippen molar-refractivity contribution in [3.63, 3.8) is 0 Å². The van der Waals surface area contributed by atoms with Crippen LogP contribution in [0.2, 0.25) is 0 Å². The molecule has 1 aliphatic rings. The molecule has 1 heterocycles. The van der Waals surface area contributed by atoms with E-state index in [1.807, 2.05) is 13.8 Å². The molecule has 0 aliphatic carbocycles. The standard InChI is InChI=1S/C8H16N2O2/c1-6(2)10-8(11)3-9-7-4-12-5-7/h6-7,9H,3-5H2,1-2H3,(H,10,11). The number of ether oxygens (including phenoxy) is 1. The van der Waals surface area contributed by atoms with Crippen LogP contribution in [0.4, 0.5) is 0 Å². The molecule has 1 fully saturated rings. The molecule has 4 heteroatoms. The molecule has 0 aromatic heterocycles. The van der Waals surface area contributed by atoms with E-state index < -0.39 is 0 Å². The van der Waals surface area contributed by atoms with Crippen molar-refractivity contribution in [3.8, 4) is 0 Å². The van der Waals surface area contributed by atoms with Crippen LogP contribution >= 0.6 is 0 Å². The first-order chi connectivity index (χ1) is 5.68. The third-order valence-electron chi connectivity index (χ3n) is 1.64. The fourth-order valence-electron chi connectivity index (χ4n) is 0.964. The summed E-state index contributed by atoms with van der Waals surface area (Å²) in [6.45, 7) is 5.75. The lowest BCUT2D eigenvalue weighted by Crippen LogP contribution is -2.50. The molecule has 0 aromatic carbocycles. The zero-order valence-electron chi connectivity index (χ0n) is 7.59. The van der Waals surface area contributed by atoms with Crippen molar-refractivity contribution in [2.75, 3.05) is 19.8 Å². The highest BCUT2D eigenvalue weighted by Gasteiger charge is 2.18. The van der Waals surface area contributed by atoms with Crippen molar-refractivity contribution >= 4 is 5.91 Å². The van der Waals surface area contributed by atoms with Crippen LogP contribution in [0.15, 0.2) is 0 Å². The molecule has 70 valence electrons. The SMILES string of the molecule is CC(C)NC(=O)CNC1COC1. The number of hydrogen-bond donors (Lipinski definition) is 2. The van der Waals surface area contributed by atoms with Crippen LogP contribution in [-0.4, -0.2) is 37.7 Å². The molecule has 0 radical (unpaired) electrons. The molecule has 1 rings (SSSR count). The van der Waals surface area contributed by atoms with E-state index >= 15 is 0 Å². The van der Waals surface area contributed by atoms with Crippen LogP contribution in [0.5, 0.6) is 0 Å². The maximum absolute atomic E-state index is 11.1. The van der Waals surface area contributed by atoms with Crippen LogP contribution in [0.25, 0.3) is 0 Å². The molecule has 0 atom stereocenters. The van der Waals surface area contributed by atoms with Gasteiger partial charge in [0.2, 0.25) is 5.91 Å². The zero-order valence-corrected chi connectivity index (χ0v) is 7.59. The molecule has 4 nitrogen and oxygen atoms in total. The van der Waals surface area contributed by atoms with Gasteiger partial charge in [-0.3, -0.25) is 4.79 Å². The fraction of sp³-hybridized carbons (Fsp3) is 0.875. The van der Waals surface area contributed by atoms with E-state index in [0.717, 1.165) is 13.2 Å². The Morgan fingerprint density at radius 2 is 2.25 bits per heavy atom. The Morgan fingerprint density at radius 1 is 1.58 bits per heavy atom. The van der Waals surface area contributed by atoms with E-state index in [1.165, 1.54) is 0 Å². The quantitative estimate of drug-likeness (QED) is 0.601. The molecule has 1 aliphatic heterocycles. The van der Waals surface area contributed by atoms with E-state index in [1.54, 1.807) is 0 Å². The first-order valence-corrected chi connectivity index (χ1v) is 4.29. The molecule has 0 aromatic rings. The second-order valence-electron chi connectivity index (χ2n) is 3.34. The topological polar surface area (TPSA) is 50.4 Å². The van der Waals surface area contributed by atoms with Gasteiger partial charge in [0.15, 0.2) is 0 Å². The van der Waals surface area contributed by atoms with Crippen LogP contribution in [0, 0.1) is 0 Å². The van der Waals surface area contributed by atoms with E-state index in [4.69, 9.17) is 4.74 Å². The summed E-state index contributed by atoms with van der Waals surface area (Å²) in [5, 5.41) is 5.89. The van der Waals surface area contributed by atoms with Gasteiger partial charge >= 0.3 is 0 Å². The summed E-state index contributed by atoms with van der Waals surface area (Å²) in [7, 11) is 0. The molecule has 12 heavy (non-hydrogen) atoms. The Hall–Kier alpha value is -0.610. The lowest BCUT2D eigenvalue weighted by Gasteiger charge is -2.26. The smallest absolute Gasteiger partial charge is 0.234 e. The fourth-order valence-corrected chi connectivity index (χ4v) is 0.964. The Labute approximate surface area is 72.7 Å². The number of carbonyl (C=O) groups is 1. The minimum atomic E-state index is 0.0527. The molecule has 0 saturated carbocycles. The van der Waals surface area contributed by atoms with Gasteiger partial charge in [0.05, 0.1) is 25.8 Å². The maximum Gasteiger partial charge on any atom is 0.234 e. The Balaban J connectivity index is 2.01. The summed E-state index contributed by atoms with van der Waals surface area (Å²) < 4.78 is 4.95. The summed E-state index contributed by atoms with van der Waals surface area (Å²) in [6, 6.07) is 0.597. The van der Waals surface area contributed by atoms with Gasteiger partial charge in [0.25, 0.3) is 0 Å². The summed E-state index contributed by atoms with van der Waals surface area (Å²) in [4.78, 5) is 11.1. The van der Waals surface area contributed by atoms with Gasteiger partial charge in [0, 0.05) is 6.04 Å². The maximum atomic E-state index is 11.1. The minimum absolute atomic E-state index is 0.0527. The van der Waals surface area contributed by atoms with Crippen LogP contribution in [-0.2, 0) is 9.53 Å².